The van der Waals surface area contributed by atoms with Crippen LogP contribution in [0.2, 0.25) is 0 Å². The summed E-state index contributed by atoms with van der Waals surface area (Å²) in [6, 6.07) is 1.01. The van der Waals surface area contributed by atoms with Crippen LogP contribution in [0.25, 0.3) is 0 Å². The molecule has 1 aromatic rings. The van der Waals surface area contributed by atoms with Crippen molar-refractivity contribution in [3.8, 4) is 0 Å². The summed E-state index contributed by atoms with van der Waals surface area (Å²) in [7, 11) is 0. The van der Waals surface area contributed by atoms with Gasteiger partial charge < -0.3 is 15.5 Å². The SMILES string of the molecule is CCNc1nc(N2CCNCC2)cc(C(F)(F)F)n1. The van der Waals surface area contributed by atoms with Crippen LogP contribution in [0.1, 0.15) is 12.6 Å². The van der Waals surface area contributed by atoms with Crippen LogP contribution in [0.4, 0.5) is 24.9 Å². The maximum Gasteiger partial charge on any atom is 0.433 e. The highest BCUT2D eigenvalue weighted by Crippen LogP contribution is 2.30. The Balaban J connectivity index is 2.33. The Kier molecular flexibility index (Phi) is 4.08. The van der Waals surface area contributed by atoms with Crippen LogP contribution < -0.4 is 15.5 Å². The van der Waals surface area contributed by atoms with E-state index in [0.29, 0.717) is 25.5 Å². The van der Waals surface area contributed by atoms with Crippen LogP contribution in [-0.4, -0.2) is 42.7 Å². The molecular formula is C11H16F3N5. The lowest BCUT2D eigenvalue weighted by Gasteiger charge is -2.29. The molecule has 0 atom stereocenters. The number of nitrogens with zero attached hydrogens (tertiary/aromatic N) is 3. The normalized spacial score (nSPS) is 16.5. The molecule has 0 aromatic carbocycles. The number of halogens is 3. The molecule has 106 valence electrons. The minimum absolute atomic E-state index is 0.0193. The lowest BCUT2D eigenvalue weighted by atomic mass is 10.3. The standard InChI is InChI=1S/C11H16F3N5/c1-2-16-10-17-8(11(12,13)14)7-9(18-10)19-5-3-15-4-6-19/h7,15H,2-6H2,1H3,(H,16,17,18). The second-order valence-corrected chi connectivity index (χ2v) is 4.20. The van der Waals surface area contributed by atoms with Crippen LogP contribution in [-0.2, 0) is 6.18 Å². The van der Waals surface area contributed by atoms with E-state index in [2.05, 4.69) is 20.6 Å². The van der Waals surface area contributed by atoms with Crippen molar-refractivity contribution >= 4 is 11.8 Å². The number of alkyl halides is 3. The maximum atomic E-state index is 12.8. The van der Waals surface area contributed by atoms with Gasteiger partial charge in [0, 0.05) is 38.8 Å². The zero-order valence-electron chi connectivity index (χ0n) is 10.6. The number of rotatable bonds is 3. The van der Waals surface area contributed by atoms with Crippen molar-refractivity contribution < 1.29 is 13.2 Å². The highest BCUT2D eigenvalue weighted by Gasteiger charge is 2.34. The molecular weight excluding hydrogens is 259 g/mol. The first-order valence-electron chi connectivity index (χ1n) is 6.16. The van der Waals surface area contributed by atoms with E-state index in [1.807, 2.05) is 4.90 Å². The van der Waals surface area contributed by atoms with Gasteiger partial charge in [0.15, 0.2) is 5.69 Å². The fraction of sp³-hybridized carbons (Fsp3) is 0.636. The third-order valence-electron chi connectivity index (χ3n) is 2.78. The van der Waals surface area contributed by atoms with Crippen molar-refractivity contribution in [3.63, 3.8) is 0 Å². The highest BCUT2D eigenvalue weighted by molar-refractivity contribution is 5.46. The van der Waals surface area contributed by atoms with Gasteiger partial charge in [-0.25, -0.2) is 4.98 Å². The molecule has 0 aliphatic carbocycles. The predicted molar refractivity (Wildman–Crippen MR) is 66.3 cm³/mol. The van der Waals surface area contributed by atoms with Crippen LogP contribution in [0.3, 0.4) is 0 Å². The van der Waals surface area contributed by atoms with E-state index in [-0.39, 0.29) is 5.95 Å². The number of hydrogen-bond acceptors (Lipinski definition) is 5. The van der Waals surface area contributed by atoms with Crippen LogP contribution in [0, 0.1) is 0 Å². The number of anilines is 2. The molecule has 0 saturated carbocycles. The number of piperazine rings is 1. The second kappa shape index (κ2) is 5.60. The Bertz CT molecular complexity index is 429. The van der Waals surface area contributed by atoms with Crippen molar-refractivity contribution in [2.24, 2.45) is 0 Å². The third-order valence-corrected chi connectivity index (χ3v) is 2.78. The van der Waals surface area contributed by atoms with E-state index < -0.39 is 11.9 Å². The van der Waals surface area contributed by atoms with Gasteiger partial charge in [-0.05, 0) is 6.92 Å². The summed E-state index contributed by atoms with van der Waals surface area (Å²) in [4.78, 5) is 9.46. The minimum atomic E-state index is -4.46. The summed E-state index contributed by atoms with van der Waals surface area (Å²) in [6.45, 7) is 5.01. The fourth-order valence-electron chi connectivity index (χ4n) is 1.87. The van der Waals surface area contributed by atoms with Gasteiger partial charge in [0.1, 0.15) is 5.82 Å². The molecule has 19 heavy (non-hydrogen) atoms. The third kappa shape index (κ3) is 3.46. The molecule has 0 bridgehead atoms. The van der Waals surface area contributed by atoms with Gasteiger partial charge in [0.2, 0.25) is 5.95 Å². The lowest BCUT2D eigenvalue weighted by molar-refractivity contribution is -0.141. The van der Waals surface area contributed by atoms with Gasteiger partial charge in [0.05, 0.1) is 0 Å². The Morgan fingerprint density at radius 1 is 1.32 bits per heavy atom. The van der Waals surface area contributed by atoms with Crippen LogP contribution in [0.15, 0.2) is 6.07 Å². The minimum Gasteiger partial charge on any atom is -0.354 e. The molecule has 2 N–H and O–H groups in total. The maximum absolute atomic E-state index is 12.8. The highest BCUT2D eigenvalue weighted by atomic mass is 19.4. The van der Waals surface area contributed by atoms with E-state index in [0.717, 1.165) is 19.2 Å². The summed E-state index contributed by atoms with van der Waals surface area (Å²) in [5.41, 5.74) is -0.910. The lowest BCUT2D eigenvalue weighted by Crippen LogP contribution is -2.44. The molecule has 8 heteroatoms. The Morgan fingerprint density at radius 2 is 2.00 bits per heavy atom. The topological polar surface area (TPSA) is 53.1 Å². The molecule has 2 rings (SSSR count). The van der Waals surface area contributed by atoms with Crippen molar-refractivity contribution in [3.05, 3.63) is 11.8 Å². The summed E-state index contributed by atoms with van der Waals surface area (Å²) >= 11 is 0. The summed E-state index contributed by atoms with van der Waals surface area (Å²) in [6.07, 6.45) is -4.46. The zero-order chi connectivity index (χ0) is 13.9. The van der Waals surface area contributed by atoms with Gasteiger partial charge in [-0.15, -0.1) is 0 Å². The van der Waals surface area contributed by atoms with E-state index >= 15 is 0 Å². The molecule has 0 unspecified atom stereocenters. The largest absolute Gasteiger partial charge is 0.433 e. The number of hydrogen-bond donors (Lipinski definition) is 2. The van der Waals surface area contributed by atoms with Crippen molar-refractivity contribution in [2.45, 2.75) is 13.1 Å². The number of nitrogens with one attached hydrogen (secondary N) is 2. The van der Waals surface area contributed by atoms with Crippen LogP contribution in [0.5, 0.6) is 0 Å². The Hall–Kier alpha value is -1.57. The Labute approximate surface area is 109 Å². The first kappa shape index (κ1) is 13.9. The summed E-state index contributed by atoms with van der Waals surface area (Å²) in [5.74, 6) is 0.339. The fourth-order valence-corrected chi connectivity index (χ4v) is 1.87. The number of aromatic nitrogens is 2. The van der Waals surface area contributed by atoms with Crippen molar-refractivity contribution in [1.82, 2.24) is 15.3 Å². The van der Waals surface area contributed by atoms with Gasteiger partial charge in [-0.1, -0.05) is 0 Å². The smallest absolute Gasteiger partial charge is 0.354 e. The van der Waals surface area contributed by atoms with Gasteiger partial charge >= 0.3 is 6.18 Å². The van der Waals surface area contributed by atoms with Gasteiger partial charge in [-0.3, -0.25) is 0 Å². The molecule has 2 heterocycles. The molecule has 1 fully saturated rings. The monoisotopic (exact) mass is 275 g/mol. The second-order valence-electron chi connectivity index (χ2n) is 4.20. The van der Waals surface area contributed by atoms with Gasteiger partial charge in [-0.2, -0.15) is 18.2 Å². The zero-order valence-corrected chi connectivity index (χ0v) is 10.6. The van der Waals surface area contributed by atoms with Crippen LogP contribution >= 0.6 is 0 Å². The van der Waals surface area contributed by atoms with E-state index in [4.69, 9.17) is 0 Å². The molecule has 0 radical (unpaired) electrons. The molecule has 0 amide bonds. The molecule has 1 aliphatic heterocycles. The summed E-state index contributed by atoms with van der Waals surface area (Å²) < 4.78 is 38.4. The van der Waals surface area contributed by atoms with Crippen molar-refractivity contribution in [2.75, 3.05) is 42.9 Å². The summed E-state index contributed by atoms with van der Waals surface area (Å²) in [5, 5.41) is 5.88. The van der Waals surface area contributed by atoms with E-state index in [9.17, 15) is 13.2 Å². The molecule has 5 nitrogen and oxygen atoms in total. The molecule has 1 aliphatic rings. The average molecular weight is 275 g/mol. The van der Waals surface area contributed by atoms with Gasteiger partial charge in [0.25, 0.3) is 0 Å². The predicted octanol–water partition coefficient (Wildman–Crippen LogP) is 1.34. The Morgan fingerprint density at radius 3 is 2.58 bits per heavy atom. The molecule has 1 saturated heterocycles. The van der Waals surface area contributed by atoms with E-state index in [1.165, 1.54) is 0 Å². The van der Waals surface area contributed by atoms with Crippen molar-refractivity contribution in [1.29, 1.82) is 0 Å². The molecule has 1 aromatic heterocycles. The first-order chi connectivity index (χ1) is 9.00. The quantitative estimate of drug-likeness (QED) is 0.872. The first-order valence-corrected chi connectivity index (χ1v) is 6.16. The van der Waals surface area contributed by atoms with E-state index in [1.54, 1.807) is 6.92 Å². The molecule has 0 spiro atoms. The average Bonchev–Trinajstić information content (AvgIpc) is 2.39.